The number of benzene rings is 1. The van der Waals surface area contributed by atoms with Gasteiger partial charge in [0.05, 0.1) is 6.54 Å². The van der Waals surface area contributed by atoms with Gasteiger partial charge >= 0.3 is 6.61 Å². The average Bonchev–Trinajstić information content (AvgIpc) is 2.96. The third-order valence-electron chi connectivity index (χ3n) is 3.65. The van der Waals surface area contributed by atoms with Crippen molar-refractivity contribution in [3.05, 3.63) is 47.2 Å². The molecule has 0 aliphatic carbocycles. The standard InChI is InChI=1S/C16H16F2N2O4/c1-22-9-14-19-12-8-20(7-6-13(12)24-14)15(21)10-2-4-11(5-3-10)23-16(17)18/h2-5,16H,6-9H2,1H3. The number of hydrogen-bond acceptors (Lipinski definition) is 5. The molecule has 0 fully saturated rings. The molecular weight excluding hydrogens is 322 g/mol. The smallest absolute Gasteiger partial charge is 0.387 e. The Morgan fingerprint density at radius 1 is 1.38 bits per heavy atom. The molecule has 1 aromatic heterocycles. The van der Waals surface area contributed by atoms with Gasteiger partial charge in [-0.3, -0.25) is 4.79 Å². The number of carbonyl (C=O) groups excluding carboxylic acids is 1. The van der Waals surface area contributed by atoms with E-state index in [0.29, 0.717) is 31.0 Å². The number of nitrogens with zero attached hydrogens (tertiary/aromatic N) is 2. The molecule has 24 heavy (non-hydrogen) atoms. The van der Waals surface area contributed by atoms with E-state index in [4.69, 9.17) is 9.15 Å². The second-order valence-corrected chi connectivity index (χ2v) is 5.29. The number of methoxy groups -OCH3 is 1. The highest BCUT2D eigenvalue weighted by Gasteiger charge is 2.26. The van der Waals surface area contributed by atoms with Gasteiger partial charge in [0.1, 0.15) is 23.8 Å². The van der Waals surface area contributed by atoms with Gasteiger partial charge in [-0.2, -0.15) is 8.78 Å². The SMILES string of the molecule is COCc1nc2c(o1)CCN(C(=O)c1ccc(OC(F)F)cc1)C2. The summed E-state index contributed by atoms with van der Waals surface area (Å²) in [5.74, 6) is 1.08. The predicted molar refractivity (Wildman–Crippen MR) is 78.7 cm³/mol. The fourth-order valence-electron chi connectivity index (χ4n) is 2.57. The van der Waals surface area contributed by atoms with Crippen LogP contribution in [0.2, 0.25) is 0 Å². The van der Waals surface area contributed by atoms with Gasteiger partial charge in [0.15, 0.2) is 0 Å². The molecule has 1 aliphatic rings. The Kier molecular flexibility index (Phi) is 4.75. The lowest BCUT2D eigenvalue weighted by Crippen LogP contribution is -2.35. The Hall–Kier alpha value is -2.48. The third kappa shape index (κ3) is 3.53. The maximum absolute atomic E-state index is 12.5. The van der Waals surface area contributed by atoms with Crippen LogP contribution in [0.4, 0.5) is 8.78 Å². The van der Waals surface area contributed by atoms with E-state index in [0.717, 1.165) is 11.5 Å². The molecular formula is C16H16F2N2O4. The molecule has 128 valence electrons. The molecule has 0 saturated heterocycles. The molecule has 2 aromatic rings. The number of alkyl halides is 2. The van der Waals surface area contributed by atoms with Crippen LogP contribution in [0.5, 0.6) is 5.75 Å². The van der Waals surface area contributed by atoms with Crippen LogP contribution in [0.15, 0.2) is 28.7 Å². The van der Waals surface area contributed by atoms with Crippen LogP contribution in [0.25, 0.3) is 0 Å². The summed E-state index contributed by atoms with van der Waals surface area (Å²) in [7, 11) is 1.56. The number of oxazole rings is 1. The van der Waals surface area contributed by atoms with Gasteiger partial charge in [0, 0.05) is 25.6 Å². The first kappa shape index (κ1) is 16.4. The maximum Gasteiger partial charge on any atom is 0.387 e. The summed E-state index contributed by atoms with van der Waals surface area (Å²) >= 11 is 0. The molecule has 0 N–H and O–H groups in total. The minimum absolute atomic E-state index is 0.0168. The Labute approximate surface area is 137 Å². The molecule has 1 aromatic carbocycles. The summed E-state index contributed by atoms with van der Waals surface area (Å²) < 4.78 is 39.1. The molecule has 0 atom stereocenters. The van der Waals surface area contributed by atoms with Gasteiger partial charge in [-0.15, -0.1) is 0 Å². The second kappa shape index (κ2) is 6.96. The first-order chi connectivity index (χ1) is 11.6. The van der Waals surface area contributed by atoms with E-state index in [9.17, 15) is 13.6 Å². The lowest BCUT2D eigenvalue weighted by atomic mass is 10.1. The zero-order valence-corrected chi connectivity index (χ0v) is 13.0. The van der Waals surface area contributed by atoms with E-state index < -0.39 is 6.61 Å². The van der Waals surface area contributed by atoms with Gasteiger partial charge in [-0.1, -0.05) is 0 Å². The van der Waals surface area contributed by atoms with Crippen LogP contribution in [0.3, 0.4) is 0 Å². The van der Waals surface area contributed by atoms with Gasteiger partial charge in [-0.05, 0) is 24.3 Å². The molecule has 0 unspecified atom stereocenters. The fourth-order valence-corrected chi connectivity index (χ4v) is 2.57. The van der Waals surface area contributed by atoms with E-state index in [1.165, 1.54) is 24.3 Å². The highest BCUT2D eigenvalue weighted by atomic mass is 19.3. The summed E-state index contributed by atoms with van der Waals surface area (Å²) in [5, 5.41) is 0. The minimum atomic E-state index is -2.89. The fraction of sp³-hybridized carbons (Fsp3) is 0.375. The number of aromatic nitrogens is 1. The van der Waals surface area contributed by atoms with Gasteiger partial charge in [-0.25, -0.2) is 4.98 Å². The van der Waals surface area contributed by atoms with Crippen molar-refractivity contribution in [2.45, 2.75) is 26.2 Å². The van der Waals surface area contributed by atoms with Crippen LogP contribution < -0.4 is 4.74 Å². The normalized spacial score (nSPS) is 13.9. The van der Waals surface area contributed by atoms with Gasteiger partial charge < -0.3 is 18.8 Å². The number of amides is 1. The van der Waals surface area contributed by atoms with Crippen molar-refractivity contribution in [3.63, 3.8) is 0 Å². The van der Waals surface area contributed by atoms with E-state index in [1.807, 2.05) is 0 Å². The van der Waals surface area contributed by atoms with E-state index in [2.05, 4.69) is 9.72 Å². The molecule has 0 spiro atoms. The molecule has 0 radical (unpaired) electrons. The van der Waals surface area contributed by atoms with Crippen LogP contribution in [-0.2, 0) is 24.3 Å². The number of rotatable bonds is 5. The van der Waals surface area contributed by atoms with Crippen LogP contribution >= 0.6 is 0 Å². The van der Waals surface area contributed by atoms with Crippen LogP contribution in [0, 0.1) is 0 Å². The number of hydrogen-bond donors (Lipinski definition) is 0. The predicted octanol–water partition coefficient (Wildman–Crippen LogP) is 2.62. The summed E-state index contributed by atoms with van der Waals surface area (Å²) in [6, 6.07) is 5.63. The summed E-state index contributed by atoms with van der Waals surface area (Å²) in [4.78, 5) is 18.5. The quantitative estimate of drug-likeness (QED) is 0.838. The van der Waals surface area contributed by atoms with Gasteiger partial charge in [0.25, 0.3) is 5.91 Å². The molecule has 0 saturated carbocycles. The number of carbonyl (C=O) groups is 1. The minimum Gasteiger partial charge on any atom is -0.443 e. The zero-order chi connectivity index (χ0) is 17.1. The second-order valence-electron chi connectivity index (χ2n) is 5.29. The van der Waals surface area contributed by atoms with Gasteiger partial charge in [0.2, 0.25) is 5.89 Å². The molecule has 3 rings (SSSR count). The largest absolute Gasteiger partial charge is 0.443 e. The number of fused-ring (bicyclic) bond motifs is 1. The van der Waals surface area contributed by atoms with Crippen molar-refractivity contribution in [2.24, 2.45) is 0 Å². The van der Waals surface area contributed by atoms with Crippen molar-refractivity contribution in [2.75, 3.05) is 13.7 Å². The Morgan fingerprint density at radius 2 is 2.12 bits per heavy atom. The van der Waals surface area contributed by atoms with Crippen molar-refractivity contribution in [1.29, 1.82) is 0 Å². The summed E-state index contributed by atoms with van der Waals surface area (Å²) in [6.07, 6.45) is 0.574. The molecule has 0 bridgehead atoms. The van der Waals surface area contributed by atoms with E-state index >= 15 is 0 Å². The molecule has 2 heterocycles. The highest BCUT2D eigenvalue weighted by Crippen LogP contribution is 2.22. The van der Waals surface area contributed by atoms with Crippen molar-refractivity contribution < 1.29 is 27.5 Å². The average molecular weight is 338 g/mol. The van der Waals surface area contributed by atoms with Crippen molar-refractivity contribution >= 4 is 5.91 Å². The molecule has 1 aliphatic heterocycles. The third-order valence-corrected chi connectivity index (χ3v) is 3.65. The lowest BCUT2D eigenvalue weighted by molar-refractivity contribution is -0.0498. The monoisotopic (exact) mass is 338 g/mol. The van der Waals surface area contributed by atoms with Crippen LogP contribution in [-0.4, -0.2) is 36.1 Å². The first-order valence-electron chi connectivity index (χ1n) is 7.37. The van der Waals surface area contributed by atoms with Crippen molar-refractivity contribution in [3.8, 4) is 5.75 Å². The van der Waals surface area contributed by atoms with E-state index in [1.54, 1.807) is 12.0 Å². The maximum atomic E-state index is 12.5. The Bertz CT molecular complexity index is 715. The van der Waals surface area contributed by atoms with Crippen LogP contribution in [0.1, 0.15) is 27.7 Å². The van der Waals surface area contributed by atoms with Crippen molar-refractivity contribution in [1.82, 2.24) is 9.88 Å². The zero-order valence-electron chi connectivity index (χ0n) is 13.0. The highest BCUT2D eigenvalue weighted by molar-refractivity contribution is 5.94. The number of halogens is 2. The number of ether oxygens (including phenoxy) is 2. The van der Waals surface area contributed by atoms with E-state index in [-0.39, 0.29) is 18.3 Å². The molecule has 8 heteroatoms. The molecule has 1 amide bonds. The topological polar surface area (TPSA) is 64.8 Å². The first-order valence-corrected chi connectivity index (χ1v) is 7.37. The summed E-state index contributed by atoms with van der Waals surface area (Å²) in [6.45, 7) is -1.76. The molecule has 6 nitrogen and oxygen atoms in total. The lowest BCUT2D eigenvalue weighted by Gasteiger charge is -2.25. The summed E-state index contributed by atoms with van der Waals surface area (Å²) in [5.41, 5.74) is 1.12. The Balaban J connectivity index is 1.69. The Morgan fingerprint density at radius 3 is 2.79 bits per heavy atom.